The summed E-state index contributed by atoms with van der Waals surface area (Å²) in [5.41, 5.74) is 0.451. The minimum absolute atomic E-state index is 0.176. The molecule has 21 heavy (non-hydrogen) atoms. The molecule has 0 radical (unpaired) electrons. The second kappa shape index (κ2) is 5.97. The average molecular weight is 293 g/mol. The normalized spacial score (nSPS) is 21.5. The number of nitro benzene ring substituents is 1. The van der Waals surface area contributed by atoms with Crippen molar-refractivity contribution in [3.8, 4) is 0 Å². The third-order valence-electron chi connectivity index (χ3n) is 4.22. The molecule has 3 rings (SSSR count). The average Bonchev–Trinajstić information content (AvgIpc) is 3.11. The molecule has 0 aromatic heterocycles. The van der Waals surface area contributed by atoms with Crippen LogP contribution >= 0.6 is 0 Å². The minimum atomic E-state index is -0.542. The van der Waals surface area contributed by atoms with E-state index in [0.717, 1.165) is 38.5 Å². The molecule has 1 aliphatic heterocycles. The molecular weight excluding hydrogens is 273 g/mol. The van der Waals surface area contributed by atoms with Gasteiger partial charge < -0.3 is 10.2 Å². The fourth-order valence-electron chi connectivity index (χ4n) is 2.92. The smallest absolute Gasteiger partial charge is 0.274 e. The van der Waals surface area contributed by atoms with Crippen LogP contribution < -0.4 is 10.2 Å². The van der Waals surface area contributed by atoms with Crippen molar-refractivity contribution in [2.75, 3.05) is 24.5 Å². The first-order valence-electron chi connectivity index (χ1n) is 7.55. The van der Waals surface area contributed by atoms with E-state index >= 15 is 0 Å². The maximum absolute atomic E-state index is 13.7. The van der Waals surface area contributed by atoms with Crippen molar-refractivity contribution in [1.29, 1.82) is 0 Å². The first-order chi connectivity index (χ1) is 10.1. The van der Waals surface area contributed by atoms with Crippen LogP contribution in [0.15, 0.2) is 18.2 Å². The lowest BCUT2D eigenvalue weighted by molar-refractivity contribution is -0.385. The van der Waals surface area contributed by atoms with E-state index in [1.165, 1.54) is 25.0 Å². The summed E-state index contributed by atoms with van der Waals surface area (Å²) in [6, 6.07) is 4.27. The van der Waals surface area contributed by atoms with Crippen LogP contribution in [-0.4, -0.2) is 30.6 Å². The Morgan fingerprint density at radius 2 is 2.10 bits per heavy atom. The minimum Gasteiger partial charge on any atom is -0.369 e. The first-order valence-corrected chi connectivity index (χ1v) is 7.55. The Kier molecular flexibility index (Phi) is 4.05. The number of non-ortho nitro benzene ring substituents is 1. The molecule has 2 aliphatic rings. The highest BCUT2D eigenvalue weighted by atomic mass is 19.1. The fraction of sp³-hybridized carbons (Fsp3) is 0.600. The van der Waals surface area contributed by atoms with Gasteiger partial charge in [0.15, 0.2) is 0 Å². The number of rotatable bonds is 6. The summed E-state index contributed by atoms with van der Waals surface area (Å²) in [7, 11) is 0. The molecule has 1 saturated carbocycles. The zero-order chi connectivity index (χ0) is 14.8. The van der Waals surface area contributed by atoms with Crippen LogP contribution in [0.25, 0.3) is 0 Å². The molecule has 1 N–H and O–H groups in total. The summed E-state index contributed by atoms with van der Waals surface area (Å²) in [6.07, 6.45) is 4.67. The molecule has 1 saturated heterocycles. The third-order valence-corrected chi connectivity index (χ3v) is 4.22. The van der Waals surface area contributed by atoms with Crippen molar-refractivity contribution in [2.45, 2.75) is 31.7 Å². The predicted octanol–water partition coefficient (Wildman–Crippen LogP) is 2.70. The van der Waals surface area contributed by atoms with Gasteiger partial charge in [-0.2, -0.15) is 0 Å². The standard InChI is InChI=1S/C15H20FN3O2/c16-12-6-14(8-15(7-12)19(20)21)18(9-11-3-4-11)10-13-2-1-5-17-13/h6-8,11,13,17H,1-5,9-10H2. The molecule has 2 fully saturated rings. The summed E-state index contributed by atoms with van der Waals surface area (Å²) < 4.78 is 13.7. The van der Waals surface area contributed by atoms with Crippen molar-refractivity contribution < 1.29 is 9.31 Å². The Bertz CT molecular complexity index is 528. The Hall–Kier alpha value is -1.69. The van der Waals surface area contributed by atoms with Crippen LogP contribution in [0.3, 0.4) is 0 Å². The number of nitrogens with one attached hydrogen (secondary N) is 1. The van der Waals surface area contributed by atoms with Gasteiger partial charge in [-0.05, 0) is 44.2 Å². The number of hydrogen-bond donors (Lipinski definition) is 1. The summed E-state index contributed by atoms with van der Waals surface area (Å²) >= 11 is 0. The molecule has 0 spiro atoms. The SMILES string of the molecule is O=[N+]([O-])c1cc(F)cc(N(CC2CC2)CC2CCCN2)c1. The van der Waals surface area contributed by atoms with Gasteiger partial charge >= 0.3 is 0 Å². The number of nitro groups is 1. The van der Waals surface area contributed by atoms with Gasteiger partial charge in [-0.1, -0.05) is 0 Å². The van der Waals surface area contributed by atoms with Gasteiger partial charge in [0.25, 0.3) is 5.69 Å². The molecule has 1 atom stereocenters. The molecule has 1 unspecified atom stereocenters. The summed E-state index contributed by atoms with van der Waals surface area (Å²) in [6.45, 7) is 2.67. The van der Waals surface area contributed by atoms with Crippen molar-refractivity contribution in [1.82, 2.24) is 5.32 Å². The van der Waals surface area contributed by atoms with Crippen LogP contribution in [0.5, 0.6) is 0 Å². The van der Waals surface area contributed by atoms with Crippen molar-refractivity contribution in [3.63, 3.8) is 0 Å². The largest absolute Gasteiger partial charge is 0.369 e. The van der Waals surface area contributed by atoms with E-state index in [1.54, 1.807) is 0 Å². The molecule has 5 nitrogen and oxygen atoms in total. The van der Waals surface area contributed by atoms with Crippen LogP contribution in [0.1, 0.15) is 25.7 Å². The van der Waals surface area contributed by atoms with E-state index < -0.39 is 10.7 Å². The number of hydrogen-bond acceptors (Lipinski definition) is 4. The number of anilines is 1. The summed E-state index contributed by atoms with van der Waals surface area (Å²) in [4.78, 5) is 12.5. The molecule has 1 aromatic carbocycles. The molecule has 6 heteroatoms. The lowest BCUT2D eigenvalue weighted by Gasteiger charge is -2.28. The van der Waals surface area contributed by atoms with Gasteiger partial charge in [0, 0.05) is 30.9 Å². The summed E-state index contributed by atoms with van der Waals surface area (Å²) in [5.74, 6) is 0.105. The van der Waals surface area contributed by atoms with Gasteiger partial charge in [0.1, 0.15) is 5.82 Å². The monoisotopic (exact) mass is 293 g/mol. The van der Waals surface area contributed by atoms with Gasteiger partial charge in [-0.15, -0.1) is 0 Å². The zero-order valence-electron chi connectivity index (χ0n) is 11.9. The van der Waals surface area contributed by atoms with Crippen LogP contribution in [-0.2, 0) is 0 Å². The molecule has 114 valence electrons. The number of benzene rings is 1. The quantitative estimate of drug-likeness (QED) is 0.647. The maximum Gasteiger partial charge on any atom is 0.274 e. The lowest BCUT2D eigenvalue weighted by Crippen LogP contribution is -2.38. The molecular formula is C15H20FN3O2. The van der Waals surface area contributed by atoms with E-state index in [-0.39, 0.29) is 5.69 Å². The Morgan fingerprint density at radius 3 is 2.71 bits per heavy atom. The predicted molar refractivity (Wildman–Crippen MR) is 79.0 cm³/mol. The molecule has 1 aliphatic carbocycles. The maximum atomic E-state index is 13.7. The molecule has 1 heterocycles. The highest BCUT2D eigenvalue weighted by Gasteiger charge is 2.27. The topological polar surface area (TPSA) is 58.4 Å². The van der Waals surface area contributed by atoms with Gasteiger partial charge in [-0.3, -0.25) is 10.1 Å². The highest BCUT2D eigenvalue weighted by molar-refractivity contribution is 5.54. The Balaban J connectivity index is 1.81. The Morgan fingerprint density at radius 1 is 1.29 bits per heavy atom. The van der Waals surface area contributed by atoms with Crippen LogP contribution in [0.4, 0.5) is 15.8 Å². The molecule has 0 bridgehead atoms. The van der Waals surface area contributed by atoms with Crippen molar-refractivity contribution in [2.24, 2.45) is 5.92 Å². The van der Waals surface area contributed by atoms with Gasteiger partial charge in [0.2, 0.25) is 0 Å². The van der Waals surface area contributed by atoms with E-state index in [2.05, 4.69) is 10.2 Å². The second-order valence-corrected chi connectivity index (χ2v) is 6.07. The van der Waals surface area contributed by atoms with Crippen LogP contribution in [0.2, 0.25) is 0 Å². The van der Waals surface area contributed by atoms with E-state index in [4.69, 9.17) is 0 Å². The number of nitrogens with zero attached hydrogens (tertiary/aromatic N) is 2. The molecule has 1 aromatic rings. The summed E-state index contributed by atoms with van der Waals surface area (Å²) in [5, 5.41) is 14.3. The molecule has 0 amide bonds. The highest BCUT2D eigenvalue weighted by Crippen LogP contribution is 2.33. The fourth-order valence-corrected chi connectivity index (χ4v) is 2.92. The zero-order valence-corrected chi connectivity index (χ0v) is 11.9. The van der Waals surface area contributed by atoms with Gasteiger partial charge in [0.05, 0.1) is 11.0 Å². The first kappa shape index (κ1) is 14.3. The van der Waals surface area contributed by atoms with E-state index in [1.807, 2.05) is 0 Å². The third kappa shape index (κ3) is 3.69. The Labute approximate surface area is 123 Å². The van der Waals surface area contributed by atoms with Gasteiger partial charge in [-0.25, -0.2) is 4.39 Å². The number of halogens is 1. The lowest BCUT2D eigenvalue weighted by atomic mass is 10.1. The van der Waals surface area contributed by atoms with Crippen LogP contribution in [0, 0.1) is 21.8 Å². The van der Waals surface area contributed by atoms with E-state index in [0.29, 0.717) is 17.6 Å². The van der Waals surface area contributed by atoms with Crippen molar-refractivity contribution in [3.05, 3.63) is 34.1 Å². The van der Waals surface area contributed by atoms with Crippen molar-refractivity contribution >= 4 is 11.4 Å². The second-order valence-electron chi connectivity index (χ2n) is 6.07. The van der Waals surface area contributed by atoms with E-state index in [9.17, 15) is 14.5 Å².